The highest BCUT2D eigenvalue weighted by atomic mass is 16.2. The van der Waals surface area contributed by atoms with Crippen LogP contribution in [-0.2, 0) is 11.3 Å². The van der Waals surface area contributed by atoms with Gasteiger partial charge in [-0.3, -0.25) is 19.2 Å². The minimum atomic E-state index is -0.281. The Morgan fingerprint density at radius 2 is 2.19 bits per heavy atom. The molecule has 0 radical (unpaired) electrons. The third kappa shape index (κ3) is 4.54. The van der Waals surface area contributed by atoms with E-state index in [1.54, 1.807) is 29.6 Å². The van der Waals surface area contributed by atoms with Gasteiger partial charge in [0.1, 0.15) is 0 Å². The third-order valence-electron chi connectivity index (χ3n) is 4.71. The summed E-state index contributed by atoms with van der Waals surface area (Å²) >= 11 is 0. The molecule has 146 valence electrons. The topological polar surface area (TPSA) is 108 Å². The monoisotopic (exact) mass is 373 g/mol. The van der Waals surface area contributed by atoms with Gasteiger partial charge in [-0.05, 0) is 27.2 Å². The van der Waals surface area contributed by atoms with Crippen LogP contribution in [0.2, 0.25) is 0 Å². The van der Waals surface area contributed by atoms with Crippen LogP contribution in [0.4, 0.5) is 0 Å². The van der Waals surface area contributed by atoms with Crippen molar-refractivity contribution in [1.82, 2.24) is 35.3 Å². The van der Waals surface area contributed by atoms with Crippen molar-refractivity contribution < 1.29 is 9.59 Å². The van der Waals surface area contributed by atoms with Crippen LogP contribution in [0, 0.1) is 0 Å². The number of nitrogens with zero attached hydrogens (tertiary/aromatic N) is 4. The molecule has 3 heterocycles. The van der Waals surface area contributed by atoms with Crippen LogP contribution in [0.25, 0.3) is 0 Å². The Bertz CT molecular complexity index is 769. The molecule has 0 aromatic carbocycles. The fraction of sp³-hybridized carbons (Fsp3) is 0.556. The van der Waals surface area contributed by atoms with Crippen LogP contribution in [-0.4, -0.2) is 61.6 Å². The van der Waals surface area contributed by atoms with Gasteiger partial charge in [0.15, 0.2) is 0 Å². The Morgan fingerprint density at radius 3 is 2.81 bits per heavy atom. The summed E-state index contributed by atoms with van der Waals surface area (Å²) in [6.45, 7) is 7.69. The number of hydrogen-bond donors (Lipinski definition) is 3. The molecule has 9 nitrogen and oxygen atoms in total. The van der Waals surface area contributed by atoms with Gasteiger partial charge < -0.3 is 15.6 Å². The van der Waals surface area contributed by atoms with Crippen LogP contribution >= 0.6 is 0 Å². The quantitative estimate of drug-likeness (QED) is 0.662. The normalized spacial score (nSPS) is 20.1. The Balaban J connectivity index is 1.66. The van der Waals surface area contributed by atoms with E-state index in [1.165, 1.54) is 0 Å². The van der Waals surface area contributed by atoms with Gasteiger partial charge in [0.05, 0.1) is 24.1 Å². The van der Waals surface area contributed by atoms with E-state index in [0.29, 0.717) is 31.6 Å². The molecule has 2 aromatic rings. The molecule has 3 N–H and O–H groups in total. The van der Waals surface area contributed by atoms with Gasteiger partial charge in [-0.15, -0.1) is 0 Å². The summed E-state index contributed by atoms with van der Waals surface area (Å²) in [5.41, 5.74) is 1.47. The van der Waals surface area contributed by atoms with E-state index in [9.17, 15) is 9.59 Å². The zero-order valence-electron chi connectivity index (χ0n) is 16.0. The molecule has 1 aliphatic rings. The lowest BCUT2D eigenvalue weighted by molar-refractivity contribution is -0.125. The third-order valence-corrected chi connectivity index (χ3v) is 4.71. The van der Waals surface area contributed by atoms with Crippen molar-refractivity contribution in [3.63, 3.8) is 0 Å². The summed E-state index contributed by atoms with van der Waals surface area (Å²) in [6, 6.07) is -0.183. The molecule has 2 atom stereocenters. The van der Waals surface area contributed by atoms with Crippen LogP contribution in [0.5, 0.6) is 0 Å². The van der Waals surface area contributed by atoms with Crippen LogP contribution < -0.4 is 10.6 Å². The number of hydrogen-bond acceptors (Lipinski definition) is 5. The number of aromatic nitrogens is 4. The molecule has 0 aliphatic carbocycles. The van der Waals surface area contributed by atoms with E-state index in [4.69, 9.17) is 0 Å². The molecular weight excluding hydrogens is 346 g/mol. The number of likely N-dealkylation sites (N-methyl/N-ethyl adjacent to an activating group) is 1. The molecule has 1 aliphatic heterocycles. The van der Waals surface area contributed by atoms with Gasteiger partial charge in [0, 0.05) is 49.8 Å². The molecule has 9 heteroatoms. The van der Waals surface area contributed by atoms with Crippen molar-refractivity contribution in [3.8, 4) is 0 Å². The molecule has 0 bridgehead atoms. The van der Waals surface area contributed by atoms with Crippen molar-refractivity contribution in [2.75, 3.05) is 13.1 Å². The van der Waals surface area contributed by atoms with Crippen molar-refractivity contribution >= 4 is 11.8 Å². The second-order valence-electron chi connectivity index (χ2n) is 7.13. The van der Waals surface area contributed by atoms with Crippen LogP contribution in [0.15, 0.2) is 24.9 Å². The number of imidazole rings is 1. The molecule has 27 heavy (non-hydrogen) atoms. The average molecular weight is 373 g/mol. The second kappa shape index (κ2) is 8.34. The Hall–Kier alpha value is -2.68. The minimum Gasteiger partial charge on any atom is -0.355 e. The van der Waals surface area contributed by atoms with Gasteiger partial charge in [-0.25, -0.2) is 4.98 Å². The van der Waals surface area contributed by atoms with Gasteiger partial charge >= 0.3 is 0 Å². The summed E-state index contributed by atoms with van der Waals surface area (Å²) < 4.78 is 1.76. The summed E-state index contributed by atoms with van der Waals surface area (Å²) in [5, 5.41) is 10.1. The smallest absolute Gasteiger partial charge is 0.254 e. The summed E-state index contributed by atoms with van der Waals surface area (Å²) in [6.07, 6.45) is 7.27. The molecule has 0 spiro atoms. The predicted molar refractivity (Wildman–Crippen MR) is 100.0 cm³/mol. The first-order valence-corrected chi connectivity index (χ1v) is 9.32. The number of likely N-dealkylation sites (tertiary alicyclic amines) is 1. The zero-order chi connectivity index (χ0) is 19.4. The maximum atomic E-state index is 12.6. The molecular formula is C18H27N7O2. The Kier molecular flexibility index (Phi) is 5.90. The van der Waals surface area contributed by atoms with Crippen molar-refractivity contribution in [2.45, 2.75) is 51.9 Å². The largest absolute Gasteiger partial charge is 0.355 e. The molecule has 0 unspecified atom stereocenters. The Morgan fingerprint density at radius 1 is 1.37 bits per heavy atom. The van der Waals surface area contributed by atoms with E-state index in [1.807, 2.05) is 20.8 Å². The lowest BCUT2D eigenvalue weighted by atomic mass is 10.1. The number of nitrogens with one attached hydrogen (secondary N) is 3. The van der Waals surface area contributed by atoms with Gasteiger partial charge in [0.2, 0.25) is 5.91 Å². The van der Waals surface area contributed by atoms with Crippen molar-refractivity contribution in [3.05, 3.63) is 36.2 Å². The standard InChI is InChI=1S/C18H27N7O2/c1-4-20-18(27)16-5-14(9-24(16)10-15-7-19-11-21-15)23-17(26)13-6-22-25(8-13)12(2)3/h6-8,11-12,14,16H,4-5,9-10H2,1-3H3,(H,19,21)(H,20,27)(H,23,26)/t14-,16+/m1/s1. The number of amides is 2. The van der Waals surface area contributed by atoms with Gasteiger partial charge in [0.25, 0.3) is 5.91 Å². The van der Waals surface area contributed by atoms with E-state index in [2.05, 4.69) is 30.6 Å². The molecule has 2 aromatic heterocycles. The molecule has 1 saturated heterocycles. The number of aromatic amines is 1. The lowest BCUT2D eigenvalue weighted by Crippen LogP contribution is -2.42. The molecule has 3 rings (SSSR count). The number of H-pyrrole nitrogens is 1. The fourth-order valence-corrected chi connectivity index (χ4v) is 3.34. The summed E-state index contributed by atoms with van der Waals surface area (Å²) in [7, 11) is 0. The number of carbonyl (C=O) groups is 2. The van der Waals surface area contributed by atoms with Crippen molar-refractivity contribution in [1.29, 1.82) is 0 Å². The highest BCUT2D eigenvalue weighted by Gasteiger charge is 2.37. The van der Waals surface area contributed by atoms with Crippen LogP contribution in [0.3, 0.4) is 0 Å². The lowest BCUT2D eigenvalue weighted by Gasteiger charge is -2.22. The zero-order valence-corrected chi connectivity index (χ0v) is 16.0. The van der Waals surface area contributed by atoms with Gasteiger partial charge in [-0.2, -0.15) is 5.10 Å². The molecule has 1 fully saturated rings. The maximum absolute atomic E-state index is 12.6. The molecule has 2 amide bonds. The second-order valence-corrected chi connectivity index (χ2v) is 7.13. The first kappa shape index (κ1) is 19.1. The first-order chi connectivity index (χ1) is 13.0. The van der Waals surface area contributed by atoms with Crippen LogP contribution in [0.1, 0.15) is 49.3 Å². The highest BCUT2D eigenvalue weighted by Crippen LogP contribution is 2.21. The highest BCUT2D eigenvalue weighted by molar-refractivity contribution is 5.94. The van der Waals surface area contributed by atoms with E-state index < -0.39 is 0 Å². The fourth-order valence-electron chi connectivity index (χ4n) is 3.34. The first-order valence-electron chi connectivity index (χ1n) is 9.32. The number of carbonyl (C=O) groups excluding carboxylic acids is 2. The van der Waals surface area contributed by atoms with E-state index in [0.717, 1.165) is 5.69 Å². The summed E-state index contributed by atoms with van der Waals surface area (Å²) in [4.78, 5) is 34.2. The van der Waals surface area contributed by atoms with Crippen molar-refractivity contribution in [2.24, 2.45) is 0 Å². The summed E-state index contributed by atoms with van der Waals surface area (Å²) in [5.74, 6) is -0.175. The predicted octanol–water partition coefficient (Wildman–Crippen LogP) is 0.696. The number of rotatable bonds is 7. The Labute approximate surface area is 158 Å². The van der Waals surface area contributed by atoms with E-state index in [-0.39, 0.29) is 29.9 Å². The maximum Gasteiger partial charge on any atom is 0.254 e. The SMILES string of the molecule is CCNC(=O)[C@@H]1C[C@@H](NC(=O)c2cnn(C(C)C)c2)CN1Cc1cnc[nH]1. The van der Waals surface area contributed by atoms with E-state index >= 15 is 0 Å². The average Bonchev–Trinajstić information content (AvgIpc) is 3.35. The minimum absolute atomic E-state index is 0.0126. The van der Waals surface area contributed by atoms with Gasteiger partial charge in [-0.1, -0.05) is 0 Å². The molecule has 0 saturated carbocycles.